The molecule has 6 heteroatoms. The molecule has 0 spiro atoms. The van der Waals surface area contributed by atoms with E-state index in [2.05, 4.69) is 30.9 Å². The van der Waals surface area contributed by atoms with Gasteiger partial charge in [-0.25, -0.2) is 8.42 Å². The number of carbonyl (C=O) groups is 1. The molecule has 0 bridgehead atoms. The standard InChI is InChI=1S/C19H30N2O3S/c1-5-20(6-2)17-9-7-16(8-10-17)13-21(19(22)15(3)4)18-11-12-25(23,24)14-18/h7-10,15,18H,5-6,11-14H2,1-4H3. The number of carbonyl (C=O) groups excluding carboxylic acids is 1. The van der Waals surface area contributed by atoms with E-state index in [1.807, 2.05) is 26.0 Å². The van der Waals surface area contributed by atoms with Gasteiger partial charge in [0.25, 0.3) is 0 Å². The number of hydrogen-bond acceptors (Lipinski definition) is 4. The van der Waals surface area contributed by atoms with E-state index in [1.165, 1.54) is 5.69 Å². The first kappa shape index (κ1) is 19.8. The van der Waals surface area contributed by atoms with Crippen LogP contribution in [0.2, 0.25) is 0 Å². The highest BCUT2D eigenvalue weighted by atomic mass is 32.2. The lowest BCUT2D eigenvalue weighted by Gasteiger charge is -2.30. The van der Waals surface area contributed by atoms with Gasteiger partial charge in [-0.05, 0) is 38.0 Å². The van der Waals surface area contributed by atoms with Crippen molar-refractivity contribution in [3.8, 4) is 0 Å². The van der Waals surface area contributed by atoms with Crippen molar-refractivity contribution < 1.29 is 13.2 Å². The predicted molar refractivity (Wildman–Crippen MR) is 102 cm³/mol. The van der Waals surface area contributed by atoms with E-state index in [9.17, 15) is 13.2 Å². The summed E-state index contributed by atoms with van der Waals surface area (Å²) in [5.74, 6) is 0.150. The van der Waals surface area contributed by atoms with E-state index in [4.69, 9.17) is 0 Å². The molecule has 0 radical (unpaired) electrons. The third-order valence-corrected chi connectivity index (χ3v) is 6.59. The largest absolute Gasteiger partial charge is 0.372 e. The first-order valence-electron chi connectivity index (χ1n) is 9.12. The predicted octanol–water partition coefficient (Wildman–Crippen LogP) is 2.70. The Morgan fingerprint density at radius 3 is 2.20 bits per heavy atom. The Hall–Kier alpha value is -1.56. The fourth-order valence-corrected chi connectivity index (χ4v) is 5.07. The Kier molecular flexibility index (Phi) is 6.49. The average Bonchev–Trinajstić information content (AvgIpc) is 2.94. The van der Waals surface area contributed by atoms with Crippen molar-refractivity contribution in [2.45, 2.75) is 46.7 Å². The van der Waals surface area contributed by atoms with Gasteiger partial charge in [0.05, 0.1) is 11.5 Å². The molecule has 1 aromatic rings. The van der Waals surface area contributed by atoms with Gasteiger partial charge in [-0.15, -0.1) is 0 Å². The smallest absolute Gasteiger partial charge is 0.225 e. The van der Waals surface area contributed by atoms with Gasteiger partial charge >= 0.3 is 0 Å². The average molecular weight is 367 g/mol. The molecule has 0 saturated carbocycles. The van der Waals surface area contributed by atoms with Crippen molar-refractivity contribution >= 4 is 21.4 Å². The van der Waals surface area contributed by atoms with Crippen molar-refractivity contribution in [3.63, 3.8) is 0 Å². The number of benzene rings is 1. The van der Waals surface area contributed by atoms with Crippen LogP contribution in [0.4, 0.5) is 5.69 Å². The van der Waals surface area contributed by atoms with Gasteiger partial charge in [-0.1, -0.05) is 26.0 Å². The zero-order valence-electron chi connectivity index (χ0n) is 15.7. The fraction of sp³-hybridized carbons (Fsp3) is 0.632. The molecule has 1 aromatic carbocycles. The number of hydrogen-bond donors (Lipinski definition) is 0. The maximum absolute atomic E-state index is 12.6. The second-order valence-corrected chi connectivity index (χ2v) is 9.25. The molecule has 1 unspecified atom stereocenters. The minimum absolute atomic E-state index is 0.0231. The van der Waals surface area contributed by atoms with Crippen molar-refractivity contribution in [1.82, 2.24) is 4.90 Å². The Labute approximate surface area is 151 Å². The summed E-state index contributed by atoms with van der Waals surface area (Å²) in [6, 6.07) is 8.02. The molecule has 1 heterocycles. The Morgan fingerprint density at radius 2 is 1.76 bits per heavy atom. The van der Waals surface area contributed by atoms with Crippen LogP contribution < -0.4 is 4.90 Å². The molecule has 0 aromatic heterocycles. The molecule has 5 nitrogen and oxygen atoms in total. The minimum atomic E-state index is -3.02. The SMILES string of the molecule is CCN(CC)c1ccc(CN(C(=O)C(C)C)C2CCS(=O)(=O)C2)cc1. The summed E-state index contributed by atoms with van der Waals surface area (Å²) in [5.41, 5.74) is 2.20. The highest BCUT2D eigenvalue weighted by Crippen LogP contribution is 2.23. The number of rotatable bonds is 7. The van der Waals surface area contributed by atoms with E-state index >= 15 is 0 Å². The Morgan fingerprint density at radius 1 is 1.16 bits per heavy atom. The minimum Gasteiger partial charge on any atom is -0.372 e. The molecular weight excluding hydrogens is 336 g/mol. The molecule has 0 N–H and O–H groups in total. The molecular formula is C19H30N2O3S. The molecule has 1 atom stereocenters. The van der Waals surface area contributed by atoms with Gasteiger partial charge in [0.15, 0.2) is 9.84 Å². The van der Waals surface area contributed by atoms with E-state index in [0.717, 1.165) is 18.7 Å². The lowest BCUT2D eigenvalue weighted by Crippen LogP contribution is -2.42. The first-order chi connectivity index (χ1) is 11.8. The molecule has 140 valence electrons. The summed E-state index contributed by atoms with van der Waals surface area (Å²) in [7, 11) is -3.02. The van der Waals surface area contributed by atoms with Crippen molar-refractivity contribution in [3.05, 3.63) is 29.8 Å². The lowest BCUT2D eigenvalue weighted by atomic mass is 10.1. The summed E-state index contributed by atoms with van der Waals surface area (Å²) >= 11 is 0. The van der Waals surface area contributed by atoms with E-state index < -0.39 is 9.84 Å². The first-order valence-corrected chi connectivity index (χ1v) is 10.9. The zero-order valence-corrected chi connectivity index (χ0v) is 16.6. The van der Waals surface area contributed by atoms with Crippen LogP contribution in [0, 0.1) is 5.92 Å². The molecule has 1 aliphatic heterocycles. The van der Waals surface area contributed by atoms with Gasteiger partial charge in [0, 0.05) is 37.3 Å². The van der Waals surface area contributed by atoms with Crippen LogP contribution in [-0.4, -0.2) is 49.9 Å². The molecule has 0 aliphatic carbocycles. The second kappa shape index (κ2) is 8.21. The van der Waals surface area contributed by atoms with Crippen LogP contribution in [0.5, 0.6) is 0 Å². The summed E-state index contributed by atoms with van der Waals surface area (Å²) in [6.07, 6.45) is 0.540. The number of nitrogens with zero attached hydrogens (tertiary/aromatic N) is 2. The third kappa shape index (κ3) is 4.97. The maximum atomic E-state index is 12.6. The van der Waals surface area contributed by atoms with Gasteiger partial charge < -0.3 is 9.80 Å². The molecule has 1 amide bonds. The van der Waals surface area contributed by atoms with Gasteiger partial charge in [-0.2, -0.15) is 0 Å². The summed E-state index contributed by atoms with van der Waals surface area (Å²) in [6.45, 7) is 10.4. The number of anilines is 1. The van der Waals surface area contributed by atoms with Crippen LogP contribution in [0.15, 0.2) is 24.3 Å². The summed E-state index contributed by atoms with van der Waals surface area (Å²) in [4.78, 5) is 16.7. The Balaban J connectivity index is 2.18. The molecule has 1 saturated heterocycles. The van der Waals surface area contributed by atoms with Crippen LogP contribution in [0.1, 0.15) is 39.7 Å². The summed E-state index contributed by atoms with van der Waals surface area (Å²) in [5, 5.41) is 0. The van der Waals surface area contributed by atoms with Crippen molar-refractivity contribution in [1.29, 1.82) is 0 Å². The maximum Gasteiger partial charge on any atom is 0.225 e. The monoisotopic (exact) mass is 366 g/mol. The van der Waals surface area contributed by atoms with Gasteiger partial charge in [0.1, 0.15) is 0 Å². The zero-order chi connectivity index (χ0) is 18.6. The molecule has 1 aliphatic rings. The van der Waals surface area contributed by atoms with Crippen LogP contribution >= 0.6 is 0 Å². The molecule has 1 fully saturated rings. The topological polar surface area (TPSA) is 57.7 Å². The number of amides is 1. The second-order valence-electron chi connectivity index (χ2n) is 7.02. The number of sulfone groups is 1. The van der Waals surface area contributed by atoms with Crippen LogP contribution in [0.3, 0.4) is 0 Å². The normalized spacial score (nSPS) is 19.2. The lowest BCUT2D eigenvalue weighted by molar-refractivity contribution is -0.137. The van der Waals surface area contributed by atoms with Gasteiger partial charge in [0.2, 0.25) is 5.91 Å². The van der Waals surface area contributed by atoms with Gasteiger partial charge in [-0.3, -0.25) is 4.79 Å². The van der Waals surface area contributed by atoms with Crippen molar-refractivity contribution in [2.75, 3.05) is 29.5 Å². The summed E-state index contributed by atoms with van der Waals surface area (Å²) < 4.78 is 23.7. The molecule has 25 heavy (non-hydrogen) atoms. The highest BCUT2D eigenvalue weighted by molar-refractivity contribution is 7.91. The van der Waals surface area contributed by atoms with E-state index in [0.29, 0.717) is 13.0 Å². The van der Waals surface area contributed by atoms with E-state index in [-0.39, 0.29) is 29.4 Å². The quantitative estimate of drug-likeness (QED) is 0.744. The van der Waals surface area contributed by atoms with Crippen LogP contribution in [0.25, 0.3) is 0 Å². The third-order valence-electron chi connectivity index (χ3n) is 4.84. The molecule has 2 rings (SSSR count). The highest BCUT2D eigenvalue weighted by Gasteiger charge is 2.35. The fourth-order valence-electron chi connectivity index (χ4n) is 3.34. The Bertz CT molecular complexity index is 679. The van der Waals surface area contributed by atoms with E-state index in [1.54, 1.807) is 4.90 Å². The van der Waals surface area contributed by atoms with Crippen LogP contribution in [-0.2, 0) is 21.2 Å². The van der Waals surface area contributed by atoms with Crippen molar-refractivity contribution in [2.24, 2.45) is 5.92 Å².